The number of ether oxygens (including phenoxy) is 4. The molecule has 0 N–H and O–H groups in total. The molecule has 2 atom stereocenters. The van der Waals surface area contributed by atoms with Gasteiger partial charge < -0.3 is 18.9 Å². The van der Waals surface area contributed by atoms with Crippen LogP contribution in [0.4, 0.5) is 5.69 Å². The van der Waals surface area contributed by atoms with E-state index in [1.165, 1.54) is 0 Å². The lowest BCUT2D eigenvalue weighted by Gasteiger charge is -2.46. The first-order valence-electron chi connectivity index (χ1n) is 7.62. The molecule has 0 radical (unpaired) electrons. The number of fused-ring (bicyclic) bond motifs is 1. The van der Waals surface area contributed by atoms with E-state index in [4.69, 9.17) is 18.9 Å². The smallest absolute Gasteiger partial charge is 0.259 e. The molecule has 6 heteroatoms. The van der Waals surface area contributed by atoms with Crippen molar-refractivity contribution >= 4 is 11.6 Å². The van der Waals surface area contributed by atoms with Crippen molar-refractivity contribution in [2.24, 2.45) is 0 Å². The van der Waals surface area contributed by atoms with E-state index >= 15 is 0 Å². The number of β-lactam (4-membered cyclic amide) rings is 1. The fourth-order valence-electron chi connectivity index (χ4n) is 3.14. The minimum absolute atomic E-state index is 0.0645. The van der Waals surface area contributed by atoms with E-state index in [0.29, 0.717) is 5.75 Å². The highest BCUT2D eigenvalue weighted by Gasteiger charge is 2.49. The van der Waals surface area contributed by atoms with Crippen LogP contribution in [0.2, 0.25) is 0 Å². The van der Waals surface area contributed by atoms with Gasteiger partial charge >= 0.3 is 0 Å². The molecule has 124 valence electrons. The van der Waals surface area contributed by atoms with Gasteiger partial charge in [0.25, 0.3) is 5.91 Å². The van der Waals surface area contributed by atoms with Gasteiger partial charge in [0.2, 0.25) is 6.79 Å². The molecule has 1 fully saturated rings. The van der Waals surface area contributed by atoms with Crippen LogP contribution in [0.15, 0.2) is 42.5 Å². The van der Waals surface area contributed by atoms with E-state index in [-0.39, 0.29) is 18.7 Å². The van der Waals surface area contributed by atoms with Crippen molar-refractivity contribution in [3.8, 4) is 17.2 Å². The predicted molar refractivity (Wildman–Crippen MR) is 86.6 cm³/mol. The maximum atomic E-state index is 12.5. The molecule has 0 saturated carbocycles. The van der Waals surface area contributed by atoms with E-state index in [1.807, 2.05) is 42.5 Å². The van der Waals surface area contributed by atoms with E-state index in [2.05, 4.69) is 0 Å². The molecule has 0 aliphatic carbocycles. The van der Waals surface area contributed by atoms with Gasteiger partial charge in [0.05, 0.1) is 13.2 Å². The Morgan fingerprint density at radius 1 is 1.04 bits per heavy atom. The van der Waals surface area contributed by atoms with Crippen molar-refractivity contribution in [3.05, 3.63) is 48.0 Å². The molecule has 2 aliphatic heterocycles. The second-order valence-electron chi connectivity index (χ2n) is 5.62. The molecular weight excluding hydrogens is 310 g/mol. The van der Waals surface area contributed by atoms with Crippen LogP contribution in [0.25, 0.3) is 0 Å². The summed E-state index contributed by atoms with van der Waals surface area (Å²) in [4.78, 5) is 14.2. The van der Waals surface area contributed by atoms with Crippen LogP contribution in [-0.4, -0.2) is 33.0 Å². The number of anilines is 1. The van der Waals surface area contributed by atoms with E-state index in [0.717, 1.165) is 22.7 Å². The Labute approximate surface area is 139 Å². The van der Waals surface area contributed by atoms with Crippen LogP contribution in [0.1, 0.15) is 11.6 Å². The van der Waals surface area contributed by atoms with E-state index in [9.17, 15) is 4.79 Å². The zero-order valence-corrected chi connectivity index (χ0v) is 13.4. The van der Waals surface area contributed by atoms with Gasteiger partial charge in [0, 0.05) is 12.8 Å². The van der Waals surface area contributed by atoms with Crippen LogP contribution in [-0.2, 0) is 9.53 Å². The third-order valence-corrected chi connectivity index (χ3v) is 4.39. The highest BCUT2D eigenvalue weighted by atomic mass is 16.7. The minimum Gasteiger partial charge on any atom is -0.497 e. The summed E-state index contributed by atoms with van der Waals surface area (Å²) in [5.74, 6) is 2.09. The largest absolute Gasteiger partial charge is 0.497 e. The summed E-state index contributed by atoms with van der Waals surface area (Å²) in [5, 5.41) is 0. The van der Waals surface area contributed by atoms with E-state index < -0.39 is 6.10 Å². The predicted octanol–water partition coefficient (Wildman–Crippen LogP) is 2.53. The Kier molecular flexibility index (Phi) is 3.54. The number of amides is 1. The van der Waals surface area contributed by atoms with Crippen LogP contribution >= 0.6 is 0 Å². The van der Waals surface area contributed by atoms with Crippen molar-refractivity contribution in [2.75, 3.05) is 25.9 Å². The number of hydrogen-bond acceptors (Lipinski definition) is 5. The van der Waals surface area contributed by atoms with Crippen molar-refractivity contribution in [1.82, 2.24) is 0 Å². The molecule has 1 saturated heterocycles. The lowest BCUT2D eigenvalue weighted by molar-refractivity contribution is -0.139. The molecule has 2 aromatic carbocycles. The van der Waals surface area contributed by atoms with Crippen LogP contribution in [0.5, 0.6) is 17.2 Å². The summed E-state index contributed by atoms with van der Waals surface area (Å²) in [7, 11) is 3.16. The SMILES string of the molecule is COc1ccc(N2C(=O)[C@H](OC)[C@H]2c2ccc3c(c2)OCO3)cc1. The molecule has 2 aliphatic rings. The minimum atomic E-state index is -0.507. The number of rotatable bonds is 4. The van der Waals surface area contributed by atoms with Gasteiger partial charge in [-0.15, -0.1) is 0 Å². The molecule has 0 bridgehead atoms. The number of methoxy groups -OCH3 is 2. The number of benzene rings is 2. The van der Waals surface area contributed by atoms with Gasteiger partial charge in [0.15, 0.2) is 17.6 Å². The first kappa shape index (κ1) is 14.8. The van der Waals surface area contributed by atoms with Gasteiger partial charge in [-0.2, -0.15) is 0 Å². The third kappa shape index (κ3) is 2.18. The average molecular weight is 327 g/mol. The van der Waals surface area contributed by atoms with Crippen LogP contribution in [0, 0.1) is 0 Å². The quantitative estimate of drug-likeness (QED) is 0.808. The second kappa shape index (κ2) is 5.72. The van der Waals surface area contributed by atoms with E-state index in [1.54, 1.807) is 19.1 Å². The van der Waals surface area contributed by atoms with Crippen molar-refractivity contribution in [1.29, 1.82) is 0 Å². The summed E-state index contributed by atoms with van der Waals surface area (Å²) in [5.41, 5.74) is 1.75. The number of hydrogen-bond donors (Lipinski definition) is 0. The van der Waals surface area contributed by atoms with Gasteiger partial charge in [-0.3, -0.25) is 9.69 Å². The van der Waals surface area contributed by atoms with Crippen LogP contribution < -0.4 is 19.1 Å². The first-order chi connectivity index (χ1) is 11.7. The summed E-state index contributed by atoms with van der Waals surface area (Å²) in [6.07, 6.45) is -0.507. The van der Waals surface area contributed by atoms with Crippen molar-refractivity contribution in [2.45, 2.75) is 12.1 Å². The van der Waals surface area contributed by atoms with Crippen LogP contribution in [0.3, 0.4) is 0 Å². The molecule has 0 spiro atoms. The Hall–Kier alpha value is -2.73. The molecule has 0 aromatic heterocycles. The van der Waals surface area contributed by atoms with Gasteiger partial charge in [-0.25, -0.2) is 0 Å². The van der Waals surface area contributed by atoms with Gasteiger partial charge in [-0.05, 0) is 42.0 Å². The Morgan fingerprint density at radius 2 is 1.79 bits per heavy atom. The monoisotopic (exact) mass is 327 g/mol. The first-order valence-corrected chi connectivity index (χ1v) is 7.62. The summed E-state index contributed by atoms with van der Waals surface area (Å²) >= 11 is 0. The molecule has 4 rings (SSSR count). The lowest BCUT2D eigenvalue weighted by atomic mass is 9.89. The van der Waals surface area contributed by atoms with Crippen molar-refractivity contribution in [3.63, 3.8) is 0 Å². The third-order valence-electron chi connectivity index (χ3n) is 4.39. The Morgan fingerprint density at radius 3 is 2.50 bits per heavy atom. The maximum absolute atomic E-state index is 12.5. The topological polar surface area (TPSA) is 57.2 Å². The molecule has 6 nitrogen and oxygen atoms in total. The number of carbonyl (C=O) groups is 1. The fraction of sp³-hybridized carbons (Fsp3) is 0.278. The molecule has 24 heavy (non-hydrogen) atoms. The highest BCUT2D eigenvalue weighted by Crippen LogP contribution is 2.44. The summed E-state index contributed by atoms with van der Waals surface area (Å²) < 4.78 is 21.4. The molecule has 0 unspecified atom stereocenters. The Balaban J connectivity index is 1.69. The van der Waals surface area contributed by atoms with Gasteiger partial charge in [0.1, 0.15) is 5.75 Å². The second-order valence-corrected chi connectivity index (χ2v) is 5.62. The standard InChI is InChI=1S/C18H17NO5/c1-21-13-6-4-12(5-7-13)19-16(17(22-2)18(19)20)11-3-8-14-15(9-11)24-10-23-14/h3-9,16-17H,10H2,1-2H3/t16-,17-/m1/s1. The Bertz CT molecular complexity index is 773. The summed E-state index contributed by atoms with van der Waals surface area (Å²) in [6, 6.07) is 12.9. The number of carbonyl (C=O) groups excluding carboxylic acids is 1. The highest BCUT2D eigenvalue weighted by molar-refractivity contribution is 6.05. The zero-order chi connectivity index (χ0) is 16.7. The summed E-state index contributed by atoms with van der Waals surface area (Å²) in [6.45, 7) is 0.221. The van der Waals surface area contributed by atoms with Crippen molar-refractivity contribution < 1.29 is 23.7 Å². The van der Waals surface area contributed by atoms with Gasteiger partial charge in [-0.1, -0.05) is 6.07 Å². The molecular formula is C18H17NO5. The average Bonchev–Trinajstić information content (AvgIpc) is 3.08. The lowest BCUT2D eigenvalue weighted by Crippen LogP contribution is -2.59. The molecule has 2 heterocycles. The molecule has 1 amide bonds. The normalized spacial score (nSPS) is 21.6. The molecule has 2 aromatic rings. The fourth-order valence-corrected chi connectivity index (χ4v) is 3.14. The maximum Gasteiger partial charge on any atom is 0.259 e. The zero-order valence-electron chi connectivity index (χ0n) is 13.4. The number of nitrogens with zero attached hydrogens (tertiary/aromatic N) is 1.